The number of alkyl halides is 1. The van der Waals surface area contributed by atoms with Crippen LogP contribution < -0.4 is 4.74 Å². The van der Waals surface area contributed by atoms with Crippen LogP contribution in [0.1, 0.15) is 39.6 Å². The first kappa shape index (κ1) is 26.0. The second-order valence-corrected chi connectivity index (χ2v) is 10.2. The molecule has 1 aliphatic carbocycles. The van der Waals surface area contributed by atoms with Gasteiger partial charge in [-0.2, -0.15) is 5.10 Å². The number of pyridine rings is 1. The van der Waals surface area contributed by atoms with E-state index >= 15 is 0 Å². The Balaban J connectivity index is 1.39. The molecule has 1 atom stereocenters. The van der Waals surface area contributed by atoms with Gasteiger partial charge in [0, 0.05) is 58.8 Å². The Morgan fingerprint density at radius 2 is 1.76 bits per heavy atom. The highest BCUT2D eigenvalue weighted by molar-refractivity contribution is 14.1. The van der Waals surface area contributed by atoms with Crippen LogP contribution in [0.25, 0.3) is 11.4 Å². The summed E-state index contributed by atoms with van der Waals surface area (Å²) in [5.74, 6) is 0.223. The number of fused-ring (bicyclic) bond motifs is 1. The van der Waals surface area contributed by atoms with Crippen molar-refractivity contribution in [3.63, 3.8) is 0 Å². The number of carbonyl (C=O) groups is 3. The lowest BCUT2D eigenvalue weighted by Crippen LogP contribution is -2.52. The summed E-state index contributed by atoms with van der Waals surface area (Å²) >= 11 is 2.30. The Morgan fingerprint density at radius 1 is 1.05 bits per heavy atom. The molecule has 5 rings (SSSR count). The molecular formula is C27H27IN6O4. The molecule has 0 radical (unpaired) electrons. The number of carbonyl (C=O) groups excluding carboxylic acids is 3. The molecule has 0 bridgehead atoms. The van der Waals surface area contributed by atoms with E-state index in [4.69, 9.17) is 4.74 Å². The molecule has 1 saturated heterocycles. The number of ketones is 1. The van der Waals surface area contributed by atoms with E-state index < -0.39 is 11.7 Å². The van der Waals surface area contributed by atoms with Crippen molar-refractivity contribution in [3.05, 3.63) is 71.4 Å². The molecule has 0 saturated carbocycles. The molecule has 2 aromatic heterocycles. The van der Waals surface area contributed by atoms with Crippen molar-refractivity contribution in [2.75, 3.05) is 37.7 Å². The predicted octanol–water partition coefficient (Wildman–Crippen LogP) is 2.84. The van der Waals surface area contributed by atoms with Crippen molar-refractivity contribution >= 4 is 45.8 Å². The molecule has 1 unspecified atom stereocenters. The van der Waals surface area contributed by atoms with Crippen LogP contribution >= 0.6 is 22.6 Å². The van der Waals surface area contributed by atoms with Gasteiger partial charge in [-0.05, 0) is 25.5 Å². The predicted molar refractivity (Wildman–Crippen MR) is 149 cm³/mol. The summed E-state index contributed by atoms with van der Waals surface area (Å²) in [6.07, 6.45) is 5.76. The number of halogens is 1. The molecule has 0 N–H and O–H groups in total. The first-order valence-corrected chi connectivity index (χ1v) is 13.9. The van der Waals surface area contributed by atoms with E-state index in [0.717, 1.165) is 16.4 Å². The number of allylic oxidation sites excluding steroid dienone is 1. The van der Waals surface area contributed by atoms with Crippen LogP contribution in [0, 0.1) is 6.92 Å². The van der Waals surface area contributed by atoms with Crippen molar-refractivity contribution in [3.8, 4) is 11.6 Å². The summed E-state index contributed by atoms with van der Waals surface area (Å²) in [6.45, 7) is 3.10. The summed E-state index contributed by atoms with van der Waals surface area (Å²) in [5.41, 5.74) is 2.31. The van der Waals surface area contributed by atoms with Crippen LogP contribution in [0.5, 0.6) is 5.75 Å². The Kier molecular flexibility index (Phi) is 7.54. The minimum atomic E-state index is -0.588. The number of nitrogens with zero attached hydrogens (tertiary/aromatic N) is 6. The van der Waals surface area contributed by atoms with E-state index in [1.807, 2.05) is 24.3 Å². The third-order valence-corrected chi connectivity index (χ3v) is 7.47. The number of aryl methyl sites for hydroxylation is 1. The van der Waals surface area contributed by atoms with Crippen molar-refractivity contribution in [2.45, 2.75) is 19.3 Å². The molecule has 2 aliphatic rings. The van der Waals surface area contributed by atoms with Crippen LogP contribution in [0.3, 0.4) is 0 Å². The zero-order valence-electron chi connectivity index (χ0n) is 21.1. The number of amides is 2. The number of methoxy groups -OCH3 is 1. The van der Waals surface area contributed by atoms with Gasteiger partial charge in [0.05, 0.1) is 13.3 Å². The van der Waals surface area contributed by atoms with E-state index in [2.05, 4.69) is 37.7 Å². The van der Waals surface area contributed by atoms with Gasteiger partial charge in [0.25, 0.3) is 17.6 Å². The molecular weight excluding hydrogens is 599 g/mol. The number of Topliss-reactive ketones (excluding diaryl/α,β-unsaturated/α-hetero) is 1. The standard InChI is InChI=1S/C27H27IN6O4/c1-17-30-16-34(31-17)25-22-19(8-9-28)14-20(23(22)21(38-2)15-29-25)24(35)27(37)33-12-10-32(11-13-33)26(36)18-6-4-3-5-7-18/h3-7,14-16,19H,8-13H2,1-2H3. The molecule has 1 aliphatic heterocycles. The smallest absolute Gasteiger partial charge is 0.295 e. The van der Waals surface area contributed by atoms with E-state index in [0.29, 0.717) is 47.2 Å². The van der Waals surface area contributed by atoms with Gasteiger partial charge in [-0.15, -0.1) is 0 Å². The van der Waals surface area contributed by atoms with Gasteiger partial charge in [-0.25, -0.2) is 14.6 Å². The molecule has 196 valence electrons. The van der Waals surface area contributed by atoms with Crippen molar-refractivity contribution in [2.24, 2.45) is 0 Å². The van der Waals surface area contributed by atoms with Gasteiger partial charge in [-0.1, -0.05) is 46.9 Å². The van der Waals surface area contributed by atoms with Gasteiger partial charge in [0.1, 0.15) is 17.9 Å². The van der Waals surface area contributed by atoms with Gasteiger partial charge >= 0.3 is 0 Å². The summed E-state index contributed by atoms with van der Waals surface area (Å²) in [6, 6.07) is 9.06. The lowest BCUT2D eigenvalue weighted by atomic mass is 9.97. The number of ether oxygens (including phenoxy) is 1. The van der Waals surface area contributed by atoms with Gasteiger partial charge in [-0.3, -0.25) is 14.4 Å². The number of piperazine rings is 1. The molecule has 10 nitrogen and oxygen atoms in total. The van der Waals surface area contributed by atoms with E-state index in [-0.39, 0.29) is 24.9 Å². The molecule has 1 aromatic carbocycles. The second kappa shape index (κ2) is 11.0. The zero-order chi connectivity index (χ0) is 26.8. The molecule has 3 aromatic rings. The molecule has 11 heteroatoms. The maximum Gasteiger partial charge on any atom is 0.295 e. The summed E-state index contributed by atoms with van der Waals surface area (Å²) in [4.78, 5) is 51.9. The highest BCUT2D eigenvalue weighted by Gasteiger charge is 2.38. The minimum absolute atomic E-state index is 0.0776. The fraction of sp³-hybridized carbons (Fsp3) is 0.333. The highest BCUT2D eigenvalue weighted by atomic mass is 127. The number of hydrogen-bond donors (Lipinski definition) is 0. The monoisotopic (exact) mass is 626 g/mol. The Morgan fingerprint density at radius 3 is 2.39 bits per heavy atom. The maximum atomic E-state index is 13.7. The second-order valence-electron chi connectivity index (χ2n) is 9.12. The molecule has 38 heavy (non-hydrogen) atoms. The first-order valence-electron chi connectivity index (χ1n) is 12.3. The van der Waals surface area contributed by atoms with Crippen molar-refractivity contribution in [1.82, 2.24) is 29.5 Å². The van der Waals surface area contributed by atoms with E-state index in [1.165, 1.54) is 12.0 Å². The summed E-state index contributed by atoms with van der Waals surface area (Å²) < 4.78 is 8.04. The molecule has 2 amide bonds. The summed E-state index contributed by atoms with van der Waals surface area (Å²) in [5, 5.41) is 4.42. The third kappa shape index (κ3) is 4.82. The molecule has 1 fully saturated rings. The Hall–Kier alpha value is -3.61. The SMILES string of the molecule is COc1cnc(-n2cnc(C)n2)c2c1C(C(=O)C(=O)N1CCN(C(=O)c3ccccc3)CC1)=CC2CCI. The number of rotatable bonds is 7. The molecule has 3 heterocycles. The van der Waals surface area contributed by atoms with E-state index in [1.54, 1.807) is 41.2 Å². The van der Waals surface area contributed by atoms with Gasteiger partial charge in [0.2, 0.25) is 0 Å². The average molecular weight is 626 g/mol. The Labute approximate surface area is 233 Å². The van der Waals surface area contributed by atoms with E-state index in [9.17, 15) is 14.4 Å². The first-order chi connectivity index (χ1) is 18.4. The largest absolute Gasteiger partial charge is 0.494 e. The zero-order valence-corrected chi connectivity index (χ0v) is 23.3. The average Bonchev–Trinajstić information content (AvgIpc) is 3.56. The lowest BCUT2D eigenvalue weighted by molar-refractivity contribution is -0.142. The van der Waals surface area contributed by atoms with Crippen molar-refractivity contribution in [1.29, 1.82) is 0 Å². The highest BCUT2D eigenvalue weighted by Crippen LogP contribution is 2.45. The quantitative estimate of drug-likeness (QED) is 0.226. The van der Waals surface area contributed by atoms with Gasteiger partial charge < -0.3 is 14.5 Å². The van der Waals surface area contributed by atoms with Crippen LogP contribution in [-0.4, -0.2) is 84.9 Å². The van der Waals surface area contributed by atoms with Gasteiger partial charge in [0.15, 0.2) is 5.82 Å². The summed E-state index contributed by atoms with van der Waals surface area (Å²) in [7, 11) is 1.52. The van der Waals surface area contributed by atoms with Crippen LogP contribution in [0.4, 0.5) is 0 Å². The van der Waals surface area contributed by atoms with Crippen LogP contribution in [-0.2, 0) is 9.59 Å². The number of hydrogen-bond acceptors (Lipinski definition) is 7. The normalized spacial score (nSPS) is 16.7. The van der Waals surface area contributed by atoms with Crippen LogP contribution in [0.15, 0.2) is 48.9 Å². The maximum absolute atomic E-state index is 13.7. The third-order valence-electron chi connectivity index (χ3n) is 6.85. The fourth-order valence-electron chi connectivity index (χ4n) is 4.95. The number of aromatic nitrogens is 4. The fourth-order valence-corrected chi connectivity index (χ4v) is 5.62. The topological polar surface area (TPSA) is 111 Å². The minimum Gasteiger partial charge on any atom is -0.494 e. The van der Waals surface area contributed by atoms with Crippen LogP contribution in [0.2, 0.25) is 0 Å². The Bertz CT molecular complexity index is 1410. The lowest BCUT2D eigenvalue weighted by Gasteiger charge is -2.34. The van der Waals surface area contributed by atoms with Crippen molar-refractivity contribution < 1.29 is 19.1 Å². The molecule has 0 spiro atoms. The number of benzene rings is 1.